The number of ketones is 1. The quantitative estimate of drug-likeness (QED) is 0.893. The van der Waals surface area contributed by atoms with E-state index in [2.05, 4.69) is 5.32 Å². The summed E-state index contributed by atoms with van der Waals surface area (Å²) in [5.74, 6) is 0.0187. The number of hydrogen-bond donors (Lipinski definition) is 1. The van der Waals surface area contributed by atoms with Crippen molar-refractivity contribution in [3.63, 3.8) is 0 Å². The number of Topliss-reactive ketones (excluding diaryl/α,β-unsaturated/α-hetero) is 1. The molecular formula is C13H16ClNO3. The smallest absolute Gasteiger partial charge is 0.255 e. The summed E-state index contributed by atoms with van der Waals surface area (Å²) in [7, 11) is 1.46. The Morgan fingerprint density at radius 2 is 2.11 bits per heavy atom. The lowest BCUT2D eigenvalue weighted by Gasteiger charge is -2.13. The molecule has 1 aromatic rings. The zero-order chi connectivity index (χ0) is 13.7. The summed E-state index contributed by atoms with van der Waals surface area (Å²) in [6.07, 6.45) is 0.388. The molecule has 1 rings (SSSR count). The van der Waals surface area contributed by atoms with Gasteiger partial charge in [-0.15, -0.1) is 0 Å². The minimum absolute atomic E-state index is 0.0173. The number of benzene rings is 1. The predicted molar refractivity (Wildman–Crippen MR) is 70.2 cm³/mol. The fourth-order valence-corrected chi connectivity index (χ4v) is 1.68. The summed E-state index contributed by atoms with van der Waals surface area (Å²) in [4.78, 5) is 23.4. The first kappa shape index (κ1) is 14.5. The number of halogens is 1. The van der Waals surface area contributed by atoms with Gasteiger partial charge in [0.2, 0.25) is 0 Å². The molecule has 0 aromatic heterocycles. The summed E-state index contributed by atoms with van der Waals surface area (Å²) in [6.45, 7) is 3.42. The van der Waals surface area contributed by atoms with Gasteiger partial charge < -0.3 is 10.1 Å². The van der Waals surface area contributed by atoms with Crippen molar-refractivity contribution < 1.29 is 14.3 Å². The third-order valence-electron chi connectivity index (χ3n) is 2.59. The Labute approximate surface area is 111 Å². The highest BCUT2D eigenvalue weighted by molar-refractivity contribution is 6.30. The van der Waals surface area contributed by atoms with Gasteiger partial charge in [0.25, 0.3) is 5.91 Å². The molecule has 18 heavy (non-hydrogen) atoms. The molecule has 0 aliphatic carbocycles. The number of carbonyl (C=O) groups excluding carboxylic acids is 2. The molecule has 0 saturated carbocycles. The highest BCUT2D eigenvalue weighted by Crippen LogP contribution is 2.23. The highest BCUT2D eigenvalue weighted by atomic mass is 35.5. The maximum Gasteiger partial charge on any atom is 0.255 e. The first-order valence-electron chi connectivity index (χ1n) is 5.66. The monoisotopic (exact) mass is 269 g/mol. The fraction of sp³-hybridized carbons (Fsp3) is 0.385. The summed E-state index contributed by atoms with van der Waals surface area (Å²) in [5, 5.41) is 3.12. The van der Waals surface area contributed by atoms with Crippen LogP contribution in [0.25, 0.3) is 0 Å². The van der Waals surface area contributed by atoms with Gasteiger partial charge >= 0.3 is 0 Å². The van der Waals surface area contributed by atoms with Crippen LogP contribution in [0.15, 0.2) is 18.2 Å². The highest BCUT2D eigenvalue weighted by Gasteiger charge is 2.17. The van der Waals surface area contributed by atoms with E-state index in [0.717, 1.165) is 0 Å². The number of rotatable bonds is 5. The molecule has 0 saturated heterocycles. The van der Waals surface area contributed by atoms with Gasteiger partial charge in [-0.05, 0) is 25.1 Å². The van der Waals surface area contributed by atoms with Crippen LogP contribution < -0.4 is 10.1 Å². The van der Waals surface area contributed by atoms with Crippen molar-refractivity contribution in [1.82, 2.24) is 5.32 Å². The number of nitrogens with one attached hydrogen (secondary N) is 1. The van der Waals surface area contributed by atoms with Crippen molar-refractivity contribution >= 4 is 23.3 Å². The molecule has 4 nitrogen and oxygen atoms in total. The van der Waals surface area contributed by atoms with E-state index in [1.54, 1.807) is 32.0 Å². The van der Waals surface area contributed by atoms with Gasteiger partial charge in [-0.2, -0.15) is 0 Å². The van der Waals surface area contributed by atoms with Gasteiger partial charge in [-0.1, -0.05) is 18.5 Å². The molecule has 1 aromatic carbocycles. The van der Waals surface area contributed by atoms with E-state index in [4.69, 9.17) is 16.3 Å². The summed E-state index contributed by atoms with van der Waals surface area (Å²) in [6, 6.07) is 4.22. The third kappa shape index (κ3) is 3.47. The first-order valence-corrected chi connectivity index (χ1v) is 6.04. The van der Waals surface area contributed by atoms with E-state index in [1.807, 2.05) is 0 Å². The van der Waals surface area contributed by atoms with E-state index in [1.165, 1.54) is 7.11 Å². The Morgan fingerprint density at radius 1 is 1.44 bits per heavy atom. The Kier molecular flexibility index (Phi) is 5.16. The average Bonchev–Trinajstić information content (AvgIpc) is 2.37. The third-order valence-corrected chi connectivity index (χ3v) is 2.82. The maximum atomic E-state index is 12.0. The van der Waals surface area contributed by atoms with Gasteiger partial charge in [0, 0.05) is 11.4 Å². The molecule has 0 aliphatic heterocycles. The van der Waals surface area contributed by atoms with E-state index in [9.17, 15) is 9.59 Å². The van der Waals surface area contributed by atoms with E-state index >= 15 is 0 Å². The number of methoxy groups -OCH3 is 1. The Balaban J connectivity index is 2.87. The average molecular weight is 270 g/mol. The van der Waals surface area contributed by atoms with Crippen LogP contribution in [0.4, 0.5) is 0 Å². The van der Waals surface area contributed by atoms with Crippen molar-refractivity contribution in [1.29, 1.82) is 0 Å². The minimum atomic E-state index is -0.511. The summed E-state index contributed by atoms with van der Waals surface area (Å²) in [5.41, 5.74) is 0.359. The van der Waals surface area contributed by atoms with Gasteiger partial charge in [-0.25, -0.2) is 0 Å². The molecule has 0 radical (unpaired) electrons. The zero-order valence-electron chi connectivity index (χ0n) is 10.6. The van der Waals surface area contributed by atoms with Crippen LogP contribution in [0.3, 0.4) is 0 Å². The molecule has 1 unspecified atom stereocenters. The molecule has 1 atom stereocenters. The molecule has 1 amide bonds. The van der Waals surface area contributed by atoms with Gasteiger partial charge in [0.1, 0.15) is 5.75 Å². The van der Waals surface area contributed by atoms with Crippen molar-refractivity contribution in [2.24, 2.45) is 0 Å². The fourth-order valence-electron chi connectivity index (χ4n) is 1.51. The summed E-state index contributed by atoms with van der Waals surface area (Å²) >= 11 is 5.81. The molecule has 0 bridgehead atoms. The first-order chi connectivity index (χ1) is 8.49. The lowest BCUT2D eigenvalue weighted by Crippen LogP contribution is -2.38. The van der Waals surface area contributed by atoms with E-state index < -0.39 is 6.04 Å². The van der Waals surface area contributed by atoms with Crippen molar-refractivity contribution in [2.75, 3.05) is 7.11 Å². The van der Waals surface area contributed by atoms with Gasteiger partial charge in [0.05, 0.1) is 18.7 Å². The maximum absolute atomic E-state index is 12.0. The molecule has 0 heterocycles. The second kappa shape index (κ2) is 6.40. The van der Waals surface area contributed by atoms with E-state index in [0.29, 0.717) is 22.8 Å². The van der Waals surface area contributed by atoms with Crippen LogP contribution in [-0.2, 0) is 4.79 Å². The Morgan fingerprint density at radius 3 is 2.67 bits per heavy atom. The van der Waals surface area contributed by atoms with Crippen molar-refractivity contribution in [3.8, 4) is 5.75 Å². The lowest BCUT2D eigenvalue weighted by molar-refractivity contribution is -0.120. The minimum Gasteiger partial charge on any atom is -0.496 e. The second-order valence-corrected chi connectivity index (χ2v) is 4.30. The SMILES string of the molecule is CCC(=O)C(C)NC(=O)c1ccc(Cl)cc1OC. The molecule has 0 spiro atoms. The van der Waals surface area contributed by atoms with Crippen LogP contribution in [-0.4, -0.2) is 24.8 Å². The standard InChI is InChI=1S/C13H16ClNO3/c1-4-11(16)8(2)15-13(17)10-6-5-9(14)7-12(10)18-3/h5-8H,4H2,1-3H3,(H,15,17). The van der Waals surface area contributed by atoms with Crippen LogP contribution in [0.1, 0.15) is 30.6 Å². The lowest BCUT2D eigenvalue weighted by atomic mass is 10.1. The Bertz CT molecular complexity index is 460. The normalized spacial score (nSPS) is 11.8. The van der Waals surface area contributed by atoms with Gasteiger partial charge in [0.15, 0.2) is 5.78 Å². The molecule has 0 fully saturated rings. The molecule has 5 heteroatoms. The molecule has 1 N–H and O–H groups in total. The van der Waals surface area contributed by atoms with Crippen LogP contribution in [0.5, 0.6) is 5.75 Å². The number of ether oxygens (including phenoxy) is 1. The largest absolute Gasteiger partial charge is 0.496 e. The predicted octanol–water partition coefficient (Wildman–Crippen LogP) is 2.45. The van der Waals surface area contributed by atoms with Crippen LogP contribution in [0.2, 0.25) is 5.02 Å². The second-order valence-electron chi connectivity index (χ2n) is 3.86. The molecular weight excluding hydrogens is 254 g/mol. The van der Waals surface area contributed by atoms with Crippen LogP contribution >= 0.6 is 11.6 Å². The van der Waals surface area contributed by atoms with E-state index in [-0.39, 0.29) is 11.7 Å². The van der Waals surface area contributed by atoms with Crippen molar-refractivity contribution in [2.45, 2.75) is 26.3 Å². The van der Waals surface area contributed by atoms with Crippen LogP contribution in [0, 0.1) is 0 Å². The molecule has 0 aliphatic rings. The number of carbonyl (C=O) groups is 2. The molecule has 98 valence electrons. The van der Waals surface area contributed by atoms with Gasteiger partial charge in [-0.3, -0.25) is 9.59 Å². The zero-order valence-corrected chi connectivity index (χ0v) is 11.4. The topological polar surface area (TPSA) is 55.4 Å². The number of amides is 1. The Hall–Kier alpha value is -1.55. The number of hydrogen-bond acceptors (Lipinski definition) is 3. The van der Waals surface area contributed by atoms with Crippen molar-refractivity contribution in [3.05, 3.63) is 28.8 Å². The summed E-state index contributed by atoms with van der Waals surface area (Å²) < 4.78 is 5.09.